The van der Waals surface area contributed by atoms with Crippen LogP contribution in [-0.4, -0.2) is 36.9 Å². The molecular weight excluding hydrogens is 264 g/mol. The van der Waals surface area contributed by atoms with Crippen LogP contribution in [0.25, 0.3) is 0 Å². The van der Waals surface area contributed by atoms with E-state index in [9.17, 15) is 14.7 Å². The molecule has 0 saturated carbocycles. The Morgan fingerprint density at radius 2 is 1.90 bits per heavy atom. The first-order valence-electron chi connectivity index (χ1n) is 6.37. The van der Waals surface area contributed by atoms with Gasteiger partial charge in [-0.05, 0) is 32.0 Å². The highest BCUT2D eigenvalue weighted by Gasteiger charge is 2.14. The van der Waals surface area contributed by atoms with Crippen molar-refractivity contribution >= 4 is 11.9 Å². The fourth-order valence-corrected chi connectivity index (χ4v) is 1.47. The molecule has 1 aromatic carbocycles. The van der Waals surface area contributed by atoms with E-state index in [2.05, 4.69) is 0 Å². The molecule has 1 N–H and O–H groups in total. The van der Waals surface area contributed by atoms with Crippen molar-refractivity contribution in [3.05, 3.63) is 23.8 Å². The first-order chi connectivity index (χ1) is 9.58. The molecule has 0 saturated heterocycles. The van der Waals surface area contributed by atoms with Crippen molar-refractivity contribution in [3.8, 4) is 11.5 Å². The average Bonchev–Trinajstić information content (AvgIpc) is 2.41. The maximum Gasteiger partial charge on any atom is 0.342 e. The van der Waals surface area contributed by atoms with Crippen LogP contribution in [0.1, 0.15) is 30.6 Å². The standard InChI is InChI=1S/C14H18O6/c1-3-18-10-5-6-12(15)11(9-10)14(17)20-8-7-13(16)19-4-2/h5-6,9,15H,3-4,7-8H2,1-2H3. The number of ether oxygens (including phenoxy) is 3. The van der Waals surface area contributed by atoms with Crippen molar-refractivity contribution in [2.24, 2.45) is 0 Å². The molecule has 0 aliphatic rings. The Bertz CT molecular complexity index is 469. The molecule has 20 heavy (non-hydrogen) atoms. The largest absolute Gasteiger partial charge is 0.507 e. The van der Waals surface area contributed by atoms with E-state index >= 15 is 0 Å². The normalized spacial score (nSPS) is 9.90. The predicted molar refractivity (Wildman–Crippen MR) is 70.8 cm³/mol. The van der Waals surface area contributed by atoms with Crippen LogP contribution in [0.3, 0.4) is 0 Å². The first-order valence-corrected chi connectivity index (χ1v) is 6.37. The van der Waals surface area contributed by atoms with E-state index in [1.807, 2.05) is 6.92 Å². The van der Waals surface area contributed by atoms with Crippen LogP contribution in [0.2, 0.25) is 0 Å². The minimum absolute atomic E-state index is 0.000177. The van der Waals surface area contributed by atoms with Crippen LogP contribution in [0.15, 0.2) is 18.2 Å². The number of hydrogen-bond donors (Lipinski definition) is 1. The van der Waals surface area contributed by atoms with E-state index in [0.29, 0.717) is 12.4 Å². The number of aromatic hydroxyl groups is 1. The third kappa shape index (κ3) is 4.79. The van der Waals surface area contributed by atoms with Crippen molar-refractivity contribution in [3.63, 3.8) is 0 Å². The molecule has 0 aromatic heterocycles. The third-order valence-electron chi connectivity index (χ3n) is 2.34. The monoisotopic (exact) mass is 282 g/mol. The minimum atomic E-state index is -0.714. The number of carbonyl (C=O) groups is 2. The smallest absolute Gasteiger partial charge is 0.342 e. The van der Waals surface area contributed by atoms with Gasteiger partial charge in [-0.2, -0.15) is 0 Å². The summed E-state index contributed by atoms with van der Waals surface area (Å²) in [4.78, 5) is 22.9. The van der Waals surface area contributed by atoms with E-state index in [4.69, 9.17) is 14.2 Å². The molecule has 6 nitrogen and oxygen atoms in total. The molecule has 0 bridgehead atoms. The summed E-state index contributed by atoms with van der Waals surface area (Å²) in [6, 6.07) is 4.30. The topological polar surface area (TPSA) is 82.1 Å². The average molecular weight is 282 g/mol. The maximum atomic E-state index is 11.8. The van der Waals surface area contributed by atoms with Gasteiger partial charge in [-0.15, -0.1) is 0 Å². The lowest BCUT2D eigenvalue weighted by Gasteiger charge is -2.08. The fraction of sp³-hybridized carbons (Fsp3) is 0.429. The molecule has 6 heteroatoms. The first kappa shape index (κ1) is 15.8. The van der Waals surface area contributed by atoms with Crippen LogP contribution in [0.5, 0.6) is 11.5 Å². The van der Waals surface area contributed by atoms with Gasteiger partial charge in [0.15, 0.2) is 0 Å². The molecule has 1 rings (SSSR count). The molecule has 0 fully saturated rings. The summed E-state index contributed by atoms with van der Waals surface area (Å²) in [5.41, 5.74) is -0.000177. The van der Waals surface area contributed by atoms with Crippen LogP contribution in [-0.2, 0) is 14.3 Å². The molecule has 0 unspecified atom stereocenters. The Kier molecular flexibility index (Phi) is 6.36. The Hall–Kier alpha value is -2.24. The SMILES string of the molecule is CCOC(=O)CCOC(=O)c1cc(OCC)ccc1O. The number of phenolic OH excluding ortho intramolecular Hbond substituents is 1. The van der Waals surface area contributed by atoms with Gasteiger partial charge in [0, 0.05) is 0 Å². The summed E-state index contributed by atoms with van der Waals surface area (Å²) in [6.45, 7) is 4.13. The number of phenols is 1. The van der Waals surface area contributed by atoms with Gasteiger partial charge in [-0.3, -0.25) is 4.79 Å². The predicted octanol–water partition coefficient (Wildman–Crippen LogP) is 1.90. The summed E-state index contributed by atoms with van der Waals surface area (Å²) in [5, 5.41) is 9.62. The van der Waals surface area contributed by atoms with E-state index in [0.717, 1.165) is 0 Å². The number of hydrogen-bond acceptors (Lipinski definition) is 6. The molecular formula is C14H18O6. The van der Waals surface area contributed by atoms with Crippen LogP contribution in [0.4, 0.5) is 0 Å². The highest BCUT2D eigenvalue weighted by Crippen LogP contribution is 2.23. The summed E-state index contributed by atoms with van der Waals surface area (Å²) in [5.74, 6) is -0.891. The maximum absolute atomic E-state index is 11.8. The number of rotatable bonds is 7. The second kappa shape index (κ2) is 8.04. The quantitative estimate of drug-likeness (QED) is 0.769. The number of benzene rings is 1. The zero-order valence-corrected chi connectivity index (χ0v) is 11.5. The summed E-state index contributed by atoms with van der Waals surface area (Å²) in [6.07, 6.45) is -0.0223. The molecule has 0 atom stereocenters. The summed E-state index contributed by atoms with van der Waals surface area (Å²) >= 11 is 0. The van der Waals surface area contributed by atoms with Crippen molar-refractivity contribution in [2.75, 3.05) is 19.8 Å². The van der Waals surface area contributed by atoms with Crippen LogP contribution in [0, 0.1) is 0 Å². The zero-order valence-electron chi connectivity index (χ0n) is 11.5. The van der Waals surface area contributed by atoms with Crippen molar-refractivity contribution in [2.45, 2.75) is 20.3 Å². The Morgan fingerprint density at radius 1 is 1.15 bits per heavy atom. The fourth-order valence-electron chi connectivity index (χ4n) is 1.47. The number of esters is 2. The molecule has 0 spiro atoms. The molecule has 110 valence electrons. The minimum Gasteiger partial charge on any atom is -0.507 e. The second-order valence-corrected chi connectivity index (χ2v) is 3.80. The van der Waals surface area contributed by atoms with Gasteiger partial charge in [0.25, 0.3) is 0 Å². The van der Waals surface area contributed by atoms with Gasteiger partial charge in [0.1, 0.15) is 23.7 Å². The molecule has 1 aromatic rings. The van der Waals surface area contributed by atoms with Crippen molar-refractivity contribution in [1.29, 1.82) is 0 Å². The summed E-state index contributed by atoms with van der Waals surface area (Å²) in [7, 11) is 0. The lowest BCUT2D eigenvalue weighted by Crippen LogP contribution is -2.12. The number of carbonyl (C=O) groups excluding carboxylic acids is 2. The zero-order chi connectivity index (χ0) is 15.0. The Morgan fingerprint density at radius 3 is 2.55 bits per heavy atom. The molecule has 0 aliphatic heterocycles. The second-order valence-electron chi connectivity index (χ2n) is 3.80. The third-order valence-corrected chi connectivity index (χ3v) is 2.34. The highest BCUT2D eigenvalue weighted by atomic mass is 16.5. The van der Waals surface area contributed by atoms with Gasteiger partial charge in [-0.1, -0.05) is 0 Å². The summed E-state index contributed by atoms with van der Waals surface area (Å²) < 4.78 is 14.8. The lowest BCUT2D eigenvalue weighted by atomic mass is 10.2. The van der Waals surface area contributed by atoms with E-state index in [1.54, 1.807) is 13.0 Å². The van der Waals surface area contributed by atoms with E-state index in [1.165, 1.54) is 12.1 Å². The van der Waals surface area contributed by atoms with Gasteiger partial charge in [-0.25, -0.2) is 4.79 Å². The lowest BCUT2D eigenvalue weighted by molar-refractivity contribution is -0.143. The van der Waals surface area contributed by atoms with Crippen molar-refractivity contribution < 1.29 is 28.9 Å². The molecule has 0 aliphatic carbocycles. The molecule has 0 amide bonds. The van der Waals surface area contributed by atoms with Gasteiger partial charge in [0.2, 0.25) is 0 Å². The molecule has 0 radical (unpaired) electrons. The Balaban J connectivity index is 2.58. The van der Waals surface area contributed by atoms with Gasteiger partial charge in [0.05, 0.1) is 19.6 Å². The van der Waals surface area contributed by atoms with E-state index < -0.39 is 11.9 Å². The van der Waals surface area contributed by atoms with Crippen LogP contribution < -0.4 is 4.74 Å². The van der Waals surface area contributed by atoms with Crippen LogP contribution >= 0.6 is 0 Å². The Labute approximate surface area is 117 Å². The van der Waals surface area contributed by atoms with E-state index in [-0.39, 0.29) is 30.9 Å². The highest BCUT2D eigenvalue weighted by molar-refractivity contribution is 5.93. The van der Waals surface area contributed by atoms with Gasteiger partial charge >= 0.3 is 11.9 Å². The van der Waals surface area contributed by atoms with Crippen molar-refractivity contribution in [1.82, 2.24) is 0 Å². The van der Waals surface area contributed by atoms with Gasteiger partial charge < -0.3 is 19.3 Å². The molecule has 0 heterocycles.